The number of carbonyl (C=O) groups excluding carboxylic acids is 3. The lowest BCUT2D eigenvalue weighted by Crippen LogP contribution is -2.50. The molecule has 3 rings (SSSR count). The van der Waals surface area contributed by atoms with Crippen LogP contribution in [-0.4, -0.2) is 58.9 Å². The van der Waals surface area contributed by atoms with E-state index < -0.39 is 11.6 Å². The molecule has 7 heteroatoms. The Kier molecular flexibility index (Phi) is 4.31. The smallest absolute Gasteiger partial charge is 0.325 e. The molecule has 1 aliphatic carbocycles. The molecule has 4 amide bonds. The number of hydrogen-bond donors (Lipinski definition) is 2. The van der Waals surface area contributed by atoms with Crippen LogP contribution in [0.5, 0.6) is 0 Å². The lowest BCUT2D eigenvalue weighted by Gasteiger charge is -2.34. The monoisotopic (exact) mass is 322 g/mol. The van der Waals surface area contributed by atoms with Crippen LogP contribution in [0.3, 0.4) is 0 Å². The predicted molar refractivity (Wildman–Crippen MR) is 84.4 cm³/mol. The summed E-state index contributed by atoms with van der Waals surface area (Å²) in [6.45, 7) is 3.10. The number of urea groups is 1. The number of amides is 4. The summed E-state index contributed by atoms with van der Waals surface area (Å²) >= 11 is 0. The molecule has 2 saturated heterocycles. The molecule has 0 unspecified atom stereocenters. The Morgan fingerprint density at radius 3 is 2.57 bits per heavy atom. The van der Waals surface area contributed by atoms with Crippen molar-refractivity contribution in [2.24, 2.45) is 11.7 Å². The fourth-order valence-corrected chi connectivity index (χ4v) is 3.99. The maximum Gasteiger partial charge on any atom is 0.325 e. The molecular weight excluding hydrogens is 296 g/mol. The normalized spacial score (nSPS) is 34.3. The maximum atomic E-state index is 12.7. The van der Waals surface area contributed by atoms with Crippen LogP contribution >= 0.6 is 0 Å². The minimum Gasteiger partial charge on any atom is -0.340 e. The summed E-state index contributed by atoms with van der Waals surface area (Å²) in [5.41, 5.74) is 5.04. The molecule has 128 valence electrons. The van der Waals surface area contributed by atoms with E-state index >= 15 is 0 Å². The molecular formula is C16H26N4O3. The highest BCUT2D eigenvalue weighted by Crippen LogP contribution is 2.37. The van der Waals surface area contributed by atoms with Crippen LogP contribution in [0.2, 0.25) is 0 Å². The SMILES string of the molecule is CCC1CCC2(CC1)NC(=O)N(CC(=O)N1CC[C@@H](N)C1)C2=O. The van der Waals surface area contributed by atoms with E-state index in [0.29, 0.717) is 31.8 Å². The number of carbonyl (C=O) groups is 3. The third-order valence-corrected chi connectivity index (χ3v) is 5.65. The minimum atomic E-state index is -0.773. The molecule has 0 aromatic heterocycles. The Balaban J connectivity index is 1.64. The quantitative estimate of drug-likeness (QED) is 0.737. The zero-order valence-corrected chi connectivity index (χ0v) is 13.7. The molecule has 0 radical (unpaired) electrons. The van der Waals surface area contributed by atoms with Crippen LogP contribution in [0.25, 0.3) is 0 Å². The van der Waals surface area contributed by atoms with Crippen LogP contribution in [0.4, 0.5) is 4.79 Å². The van der Waals surface area contributed by atoms with Gasteiger partial charge in [-0.05, 0) is 38.0 Å². The van der Waals surface area contributed by atoms with Gasteiger partial charge in [0.1, 0.15) is 12.1 Å². The van der Waals surface area contributed by atoms with Crippen LogP contribution in [0.15, 0.2) is 0 Å². The maximum absolute atomic E-state index is 12.7. The number of nitrogens with two attached hydrogens (primary N) is 1. The average molecular weight is 322 g/mol. The third-order valence-electron chi connectivity index (χ3n) is 5.65. The van der Waals surface area contributed by atoms with Gasteiger partial charge < -0.3 is 16.0 Å². The van der Waals surface area contributed by atoms with E-state index in [1.54, 1.807) is 4.90 Å². The van der Waals surface area contributed by atoms with Crippen LogP contribution in [-0.2, 0) is 9.59 Å². The second kappa shape index (κ2) is 6.11. The first-order valence-electron chi connectivity index (χ1n) is 8.62. The minimum absolute atomic E-state index is 0.00211. The van der Waals surface area contributed by atoms with Gasteiger partial charge in [0.15, 0.2) is 0 Å². The molecule has 1 saturated carbocycles. The van der Waals surface area contributed by atoms with E-state index in [2.05, 4.69) is 12.2 Å². The number of likely N-dealkylation sites (tertiary alicyclic amines) is 1. The number of imide groups is 1. The lowest BCUT2D eigenvalue weighted by molar-refractivity contribution is -0.139. The number of hydrogen-bond acceptors (Lipinski definition) is 4. The van der Waals surface area contributed by atoms with E-state index in [0.717, 1.165) is 30.6 Å². The van der Waals surface area contributed by atoms with Gasteiger partial charge >= 0.3 is 6.03 Å². The second-order valence-corrected chi connectivity index (χ2v) is 7.14. The van der Waals surface area contributed by atoms with Crippen molar-refractivity contribution in [3.05, 3.63) is 0 Å². The Hall–Kier alpha value is -1.63. The summed E-state index contributed by atoms with van der Waals surface area (Å²) in [6.07, 6.45) is 5.13. The van der Waals surface area contributed by atoms with Gasteiger partial charge in [0.2, 0.25) is 5.91 Å². The summed E-state index contributed by atoms with van der Waals surface area (Å²) < 4.78 is 0. The van der Waals surface area contributed by atoms with Crippen molar-refractivity contribution in [2.75, 3.05) is 19.6 Å². The highest BCUT2D eigenvalue weighted by atomic mass is 16.2. The molecule has 3 fully saturated rings. The van der Waals surface area contributed by atoms with Crippen molar-refractivity contribution in [3.8, 4) is 0 Å². The standard InChI is InChI=1S/C16H26N4O3/c1-2-11-3-6-16(7-4-11)14(22)20(15(23)18-16)10-13(21)19-8-5-12(17)9-19/h11-12H,2-10,17H2,1H3,(H,18,23)/t11?,12-,16?/m1/s1. The van der Waals surface area contributed by atoms with Gasteiger partial charge in [0, 0.05) is 19.1 Å². The molecule has 2 heterocycles. The molecule has 3 N–H and O–H groups in total. The van der Waals surface area contributed by atoms with Crippen LogP contribution in [0, 0.1) is 5.92 Å². The summed E-state index contributed by atoms with van der Waals surface area (Å²) in [5.74, 6) is 0.210. The first kappa shape index (κ1) is 16.2. The average Bonchev–Trinajstić information content (AvgIpc) is 3.06. The van der Waals surface area contributed by atoms with Crippen LogP contribution in [0.1, 0.15) is 45.4 Å². The third kappa shape index (κ3) is 2.94. The van der Waals surface area contributed by atoms with E-state index in [4.69, 9.17) is 5.73 Å². The highest BCUT2D eigenvalue weighted by molar-refractivity contribution is 6.09. The Labute approximate surface area is 136 Å². The van der Waals surface area contributed by atoms with Gasteiger partial charge in [0.25, 0.3) is 5.91 Å². The first-order chi connectivity index (χ1) is 10.9. The number of nitrogens with one attached hydrogen (secondary N) is 1. The van der Waals surface area contributed by atoms with Gasteiger partial charge in [0.05, 0.1) is 0 Å². The fraction of sp³-hybridized carbons (Fsp3) is 0.812. The van der Waals surface area contributed by atoms with E-state index in [1.807, 2.05) is 0 Å². The summed E-state index contributed by atoms with van der Waals surface area (Å²) in [4.78, 5) is 40.0. The summed E-state index contributed by atoms with van der Waals surface area (Å²) in [7, 11) is 0. The van der Waals surface area contributed by atoms with Crippen molar-refractivity contribution in [3.63, 3.8) is 0 Å². The molecule has 0 aromatic carbocycles. The summed E-state index contributed by atoms with van der Waals surface area (Å²) in [6, 6.07) is -0.431. The van der Waals surface area contributed by atoms with E-state index in [-0.39, 0.29) is 24.4 Å². The Morgan fingerprint density at radius 2 is 2.00 bits per heavy atom. The van der Waals surface area contributed by atoms with Crippen molar-refractivity contribution in [1.29, 1.82) is 0 Å². The van der Waals surface area contributed by atoms with Gasteiger partial charge in [-0.25, -0.2) is 4.79 Å². The van der Waals surface area contributed by atoms with E-state index in [9.17, 15) is 14.4 Å². The van der Waals surface area contributed by atoms with Gasteiger partial charge in [-0.15, -0.1) is 0 Å². The fourth-order valence-electron chi connectivity index (χ4n) is 3.99. The van der Waals surface area contributed by atoms with Crippen molar-refractivity contribution < 1.29 is 14.4 Å². The molecule has 3 aliphatic rings. The number of nitrogens with zero attached hydrogens (tertiary/aromatic N) is 2. The second-order valence-electron chi connectivity index (χ2n) is 7.14. The molecule has 1 spiro atoms. The first-order valence-corrected chi connectivity index (χ1v) is 8.62. The largest absolute Gasteiger partial charge is 0.340 e. The van der Waals surface area contributed by atoms with Crippen LogP contribution < -0.4 is 11.1 Å². The molecule has 7 nitrogen and oxygen atoms in total. The zero-order valence-electron chi connectivity index (χ0n) is 13.7. The lowest BCUT2D eigenvalue weighted by atomic mass is 9.75. The van der Waals surface area contributed by atoms with Crippen molar-refractivity contribution in [1.82, 2.24) is 15.1 Å². The van der Waals surface area contributed by atoms with Gasteiger partial charge in [-0.1, -0.05) is 13.3 Å². The Morgan fingerprint density at radius 1 is 1.30 bits per heavy atom. The van der Waals surface area contributed by atoms with Gasteiger partial charge in [-0.3, -0.25) is 14.5 Å². The van der Waals surface area contributed by atoms with Gasteiger partial charge in [-0.2, -0.15) is 0 Å². The Bertz CT molecular complexity index is 513. The number of rotatable bonds is 3. The molecule has 0 bridgehead atoms. The molecule has 23 heavy (non-hydrogen) atoms. The van der Waals surface area contributed by atoms with E-state index in [1.165, 1.54) is 0 Å². The predicted octanol–water partition coefficient (Wildman–Crippen LogP) is 0.437. The topological polar surface area (TPSA) is 95.7 Å². The zero-order chi connectivity index (χ0) is 16.6. The van der Waals surface area contributed by atoms with Crippen molar-refractivity contribution in [2.45, 2.75) is 57.0 Å². The van der Waals surface area contributed by atoms with Crippen molar-refractivity contribution >= 4 is 17.8 Å². The molecule has 0 aromatic rings. The summed E-state index contributed by atoms with van der Waals surface area (Å²) in [5, 5.41) is 2.86. The molecule has 2 aliphatic heterocycles. The molecule has 1 atom stereocenters. The highest BCUT2D eigenvalue weighted by Gasteiger charge is 2.52.